The summed E-state index contributed by atoms with van der Waals surface area (Å²) in [5.41, 5.74) is 0. The van der Waals surface area contributed by atoms with Crippen LogP contribution in [0.4, 0.5) is 0 Å². The highest BCUT2D eigenvalue weighted by Crippen LogP contribution is 2.29. The Balaban J connectivity index is 1.79. The Kier molecular flexibility index (Phi) is 4.81. The molecule has 1 N–H and O–H groups in total. The van der Waals surface area contributed by atoms with E-state index in [0.717, 1.165) is 45.3 Å². The Morgan fingerprint density at radius 2 is 2.11 bits per heavy atom. The molecule has 1 aliphatic carbocycles. The topological polar surface area (TPSA) is 75.7 Å². The second-order valence-electron chi connectivity index (χ2n) is 5.42. The van der Waals surface area contributed by atoms with Gasteiger partial charge in [0, 0.05) is 38.1 Å². The molecule has 1 saturated carbocycles. The van der Waals surface area contributed by atoms with Crippen LogP contribution in [-0.4, -0.2) is 57.8 Å². The number of nitrogens with zero attached hydrogens (tertiary/aromatic N) is 1. The van der Waals surface area contributed by atoms with Gasteiger partial charge in [-0.05, 0) is 19.3 Å². The third-order valence-electron chi connectivity index (χ3n) is 3.49. The van der Waals surface area contributed by atoms with Crippen LogP contribution in [0.5, 0.6) is 0 Å². The summed E-state index contributed by atoms with van der Waals surface area (Å²) in [7, 11) is -3.21. The number of hydrogen-bond acceptors (Lipinski definition) is 4. The highest BCUT2D eigenvalue weighted by Gasteiger charge is 2.34. The van der Waals surface area contributed by atoms with Gasteiger partial charge in [-0.15, -0.1) is 0 Å². The van der Waals surface area contributed by atoms with Crippen LogP contribution < -0.4 is 4.72 Å². The molecule has 1 saturated heterocycles. The van der Waals surface area contributed by atoms with Crippen molar-refractivity contribution in [1.82, 2.24) is 9.62 Å². The minimum atomic E-state index is -3.21. The summed E-state index contributed by atoms with van der Waals surface area (Å²) in [5, 5.41) is 0. The molecule has 0 spiro atoms. The number of ether oxygens (including phenoxy) is 1. The first kappa shape index (κ1) is 14.7. The van der Waals surface area contributed by atoms with Crippen molar-refractivity contribution >= 4 is 15.9 Å². The van der Waals surface area contributed by atoms with Crippen molar-refractivity contribution in [3.63, 3.8) is 0 Å². The molecule has 2 rings (SSSR count). The molecule has 1 amide bonds. The van der Waals surface area contributed by atoms with Gasteiger partial charge in [0.15, 0.2) is 0 Å². The molecule has 2 fully saturated rings. The monoisotopic (exact) mass is 290 g/mol. The number of carbonyl (C=O) groups excluding carboxylic acids is 1. The van der Waals surface area contributed by atoms with Crippen LogP contribution in [0.2, 0.25) is 0 Å². The molecule has 1 atom stereocenters. The lowest BCUT2D eigenvalue weighted by Gasteiger charge is -2.25. The van der Waals surface area contributed by atoms with E-state index in [1.807, 2.05) is 4.90 Å². The summed E-state index contributed by atoms with van der Waals surface area (Å²) in [6, 6.07) is 0.367. The molecule has 1 aliphatic heterocycles. The zero-order chi connectivity index (χ0) is 13.9. The summed E-state index contributed by atoms with van der Waals surface area (Å²) >= 11 is 0. The quantitative estimate of drug-likeness (QED) is 0.713. The number of hydrogen-bond donors (Lipinski definition) is 1. The summed E-state index contributed by atoms with van der Waals surface area (Å²) in [4.78, 5) is 14.1. The van der Waals surface area contributed by atoms with Crippen LogP contribution >= 0.6 is 0 Å². The highest BCUT2D eigenvalue weighted by atomic mass is 32.2. The van der Waals surface area contributed by atoms with E-state index in [0.29, 0.717) is 12.0 Å². The van der Waals surface area contributed by atoms with Crippen LogP contribution in [0.1, 0.15) is 25.7 Å². The molecule has 110 valence electrons. The SMILES string of the molecule is CS(=O)(=O)NCCC(=O)N(C[C@H]1CCOC1)C1CC1. The maximum Gasteiger partial charge on any atom is 0.224 e. The second kappa shape index (κ2) is 6.19. The van der Waals surface area contributed by atoms with E-state index in [2.05, 4.69) is 4.72 Å². The summed E-state index contributed by atoms with van der Waals surface area (Å²) in [5.74, 6) is 0.484. The predicted molar refractivity (Wildman–Crippen MR) is 71.1 cm³/mol. The van der Waals surface area contributed by atoms with Crippen molar-refractivity contribution in [3.05, 3.63) is 0 Å². The van der Waals surface area contributed by atoms with Gasteiger partial charge >= 0.3 is 0 Å². The van der Waals surface area contributed by atoms with Gasteiger partial charge in [-0.2, -0.15) is 0 Å². The zero-order valence-electron chi connectivity index (χ0n) is 11.3. The third-order valence-corrected chi connectivity index (χ3v) is 4.22. The molecule has 0 aromatic carbocycles. The fourth-order valence-corrected chi connectivity index (χ4v) is 2.81. The molecule has 6 nitrogen and oxygen atoms in total. The molecule has 0 radical (unpaired) electrons. The maximum atomic E-state index is 12.1. The van der Waals surface area contributed by atoms with E-state index in [9.17, 15) is 13.2 Å². The van der Waals surface area contributed by atoms with Crippen LogP contribution in [-0.2, 0) is 19.6 Å². The lowest BCUT2D eigenvalue weighted by Crippen LogP contribution is -2.39. The standard InChI is InChI=1S/C12H22N2O4S/c1-19(16,17)13-6-4-12(15)14(11-2-3-11)8-10-5-7-18-9-10/h10-11,13H,2-9H2,1H3/t10-/m1/s1. The predicted octanol–water partition coefficient (Wildman–Crippen LogP) is -0.0468. The lowest BCUT2D eigenvalue weighted by molar-refractivity contribution is -0.132. The summed E-state index contributed by atoms with van der Waals surface area (Å²) in [6.07, 6.45) is 4.49. The second-order valence-corrected chi connectivity index (χ2v) is 7.26. The van der Waals surface area contributed by atoms with E-state index >= 15 is 0 Å². The van der Waals surface area contributed by atoms with Crippen molar-refractivity contribution in [3.8, 4) is 0 Å². The third kappa shape index (κ3) is 5.08. The minimum Gasteiger partial charge on any atom is -0.381 e. The molecule has 0 unspecified atom stereocenters. The molecule has 0 aromatic heterocycles. The van der Waals surface area contributed by atoms with Gasteiger partial charge in [0.2, 0.25) is 15.9 Å². The van der Waals surface area contributed by atoms with Crippen LogP contribution in [0.15, 0.2) is 0 Å². The van der Waals surface area contributed by atoms with Gasteiger partial charge < -0.3 is 9.64 Å². The molecule has 2 aliphatic rings. The Hall–Kier alpha value is -0.660. The smallest absolute Gasteiger partial charge is 0.224 e. The molecule has 1 heterocycles. The number of nitrogens with one attached hydrogen (secondary N) is 1. The first-order chi connectivity index (χ1) is 8.96. The highest BCUT2D eigenvalue weighted by molar-refractivity contribution is 7.88. The van der Waals surface area contributed by atoms with Crippen molar-refractivity contribution in [1.29, 1.82) is 0 Å². The molecular weight excluding hydrogens is 268 g/mol. The van der Waals surface area contributed by atoms with E-state index in [1.54, 1.807) is 0 Å². The van der Waals surface area contributed by atoms with Crippen LogP contribution in [0, 0.1) is 5.92 Å². The van der Waals surface area contributed by atoms with Gasteiger partial charge in [-0.3, -0.25) is 4.79 Å². The normalized spacial score (nSPS) is 23.5. The van der Waals surface area contributed by atoms with E-state index in [1.165, 1.54) is 0 Å². The Morgan fingerprint density at radius 3 is 2.63 bits per heavy atom. The van der Waals surface area contributed by atoms with Crippen molar-refractivity contribution in [2.75, 3.05) is 32.6 Å². The fraction of sp³-hybridized carbons (Fsp3) is 0.917. The van der Waals surface area contributed by atoms with Crippen molar-refractivity contribution in [2.24, 2.45) is 5.92 Å². The largest absolute Gasteiger partial charge is 0.381 e. The first-order valence-electron chi connectivity index (χ1n) is 6.77. The zero-order valence-corrected chi connectivity index (χ0v) is 12.1. The first-order valence-corrected chi connectivity index (χ1v) is 8.66. The van der Waals surface area contributed by atoms with Gasteiger partial charge in [0.05, 0.1) is 12.9 Å². The minimum absolute atomic E-state index is 0.0468. The Morgan fingerprint density at radius 1 is 1.37 bits per heavy atom. The molecule has 0 aromatic rings. The van der Waals surface area contributed by atoms with Gasteiger partial charge in [0.25, 0.3) is 0 Å². The molecule has 0 bridgehead atoms. The molecule has 19 heavy (non-hydrogen) atoms. The van der Waals surface area contributed by atoms with Gasteiger partial charge in [-0.25, -0.2) is 13.1 Å². The average molecular weight is 290 g/mol. The molecular formula is C12H22N2O4S. The molecule has 7 heteroatoms. The van der Waals surface area contributed by atoms with Gasteiger partial charge in [-0.1, -0.05) is 0 Å². The number of rotatable bonds is 7. The van der Waals surface area contributed by atoms with E-state index in [-0.39, 0.29) is 18.9 Å². The summed E-state index contributed by atoms with van der Waals surface area (Å²) in [6.45, 7) is 2.45. The maximum absolute atomic E-state index is 12.1. The average Bonchev–Trinajstić information content (AvgIpc) is 3.01. The number of carbonyl (C=O) groups is 1. The van der Waals surface area contributed by atoms with E-state index in [4.69, 9.17) is 4.74 Å². The Bertz CT molecular complexity index is 413. The van der Waals surface area contributed by atoms with Crippen molar-refractivity contribution < 1.29 is 17.9 Å². The van der Waals surface area contributed by atoms with Crippen LogP contribution in [0.25, 0.3) is 0 Å². The van der Waals surface area contributed by atoms with Gasteiger partial charge in [0.1, 0.15) is 0 Å². The van der Waals surface area contributed by atoms with E-state index < -0.39 is 10.0 Å². The fourth-order valence-electron chi connectivity index (χ4n) is 2.33. The lowest BCUT2D eigenvalue weighted by atomic mass is 10.1. The van der Waals surface area contributed by atoms with Crippen LogP contribution in [0.3, 0.4) is 0 Å². The number of amides is 1. The number of sulfonamides is 1. The van der Waals surface area contributed by atoms with Crippen molar-refractivity contribution in [2.45, 2.75) is 31.7 Å². The Labute approximate surface area is 114 Å². The summed E-state index contributed by atoms with van der Waals surface area (Å²) < 4.78 is 29.6.